The van der Waals surface area contributed by atoms with Crippen molar-refractivity contribution in [3.63, 3.8) is 0 Å². The van der Waals surface area contributed by atoms with E-state index in [4.69, 9.17) is 4.74 Å². The first-order valence-corrected chi connectivity index (χ1v) is 19.9. The molecule has 290 valence electrons. The Hall–Kier alpha value is -6.01. The van der Waals surface area contributed by atoms with Crippen molar-refractivity contribution in [3.8, 4) is 11.5 Å². The Labute approximate surface area is 330 Å². The van der Waals surface area contributed by atoms with Crippen LogP contribution >= 0.6 is 0 Å². The second-order valence-electron chi connectivity index (χ2n) is 16.6. The number of imide groups is 2. The minimum Gasteiger partial charge on any atom is -0.508 e. The van der Waals surface area contributed by atoms with Crippen molar-refractivity contribution in [1.29, 1.82) is 0 Å². The lowest BCUT2D eigenvalue weighted by molar-refractivity contribution is -0.146. The van der Waals surface area contributed by atoms with Crippen LogP contribution in [-0.2, 0) is 27.5 Å². The van der Waals surface area contributed by atoms with Crippen LogP contribution in [0.5, 0.6) is 11.5 Å². The molecule has 57 heavy (non-hydrogen) atoms. The number of nitrogens with one attached hydrogen (secondary N) is 1. The van der Waals surface area contributed by atoms with Gasteiger partial charge in [0.15, 0.2) is 0 Å². The topological polar surface area (TPSA) is 140 Å². The maximum atomic E-state index is 13.5. The first kappa shape index (κ1) is 35.4. The number of phenols is 1. The number of benzene rings is 4. The number of carbonyl (C=O) groups is 5. The summed E-state index contributed by atoms with van der Waals surface area (Å²) in [4.78, 5) is 71.6. The molecule has 0 aromatic heterocycles. The fraction of sp³-hybridized carbons (Fsp3) is 0.356. The van der Waals surface area contributed by atoms with Gasteiger partial charge in [-0.15, -0.1) is 0 Å². The summed E-state index contributed by atoms with van der Waals surface area (Å²) in [5, 5.41) is 12.4. The van der Waals surface area contributed by atoms with Crippen molar-refractivity contribution >= 4 is 35.2 Å². The van der Waals surface area contributed by atoms with Crippen molar-refractivity contribution in [2.45, 2.75) is 56.7 Å². The van der Waals surface area contributed by atoms with Crippen LogP contribution in [0.25, 0.3) is 0 Å². The molecular formula is C45H43N5O7. The fourth-order valence-electron chi connectivity index (χ4n) is 10.0. The van der Waals surface area contributed by atoms with E-state index in [1.807, 2.05) is 17.0 Å². The Morgan fingerprint density at radius 2 is 1.51 bits per heavy atom. The zero-order chi connectivity index (χ0) is 39.0. The minimum atomic E-state index is -0.994. The van der Waals surface area contributed by atoms with Gasteiger partial charge in [-0.2, -0.15) is 0 Å². The molecule has 1 spiro atoms. The summed E-state index contributed by atoms with van der Waals surface area (Å²) < 4.78 is 6.16. The molecule has 10 rings (SSSR count). The highest BCUT2D eigenvalue weighted by atomic mass is 16.5. The number of fused-ring (bicyclic) bond motifs is 3. The maximum Gasteiger partial charge on any atom is 0.262 e. The van der Waals surface area contributed by atoms with Crippen molar-refractivity contribution in [2.75, 3.05) is 44.2 Å². The summed E-state index contributed by atoms with van der Waals surface area (Å²) in [5.41, 5.74) is 7.20. The fourth-order valence-corrected chi connectivity index (χ4v) is 10.0. The molecule has 6 aliphatic rings. The number of carbonyl (C=O) groups excluding carboxylic acids is 5. The van der Waals surface area contributed by atoms with Gasteiger partial charge in [0.05, 0.1) is 24.3 Å². The van der Waals surface area contributed by atoms with Crippen LogP contribution in [0.4, 0.5) is 5.69 Å². The van der Waals surface area contributed by atoms with Crippen LogP contribution in [-0.4, -0.2) is 94.7 Å². The van der Waals surface area contributed by atoms with Crippen LogP contribution in [0.15, 0.2) is 84.9 Å². The van der Waals surface area contributed by atoms with Crippen LogP contribution < -0.4 is 15.0 Å². The van der Waals surface area contributed by atoms with E-state index in [0.717, 1.165) is 66.4 Å². The Balaban J connectivity index is 0.739. The molecule has 12 heteroatoms. The average molecular weight is 766 g/mol. The normalized spacial score (nSPS) is 23.8. The Morgan fingerprint density at radius 3 is 2.18 bits per heavy atom. The number of piperidine rings is 2. The number of rotatable bonds is 6. The predicted octanol–water partition coefficient (Wildman–Crippen LogP) is 4.55. The lowest BCUT2D eigenvalue weighted by Crippen LogP contribution is -2.63. The van der Waals surface area contributed by atoms with E-state index >= 15 is 0 Å². The summed E-state index contributed by atoms with van der Waals surface area (Å²) in [5.74, 6) is -0.801. The predicted molar refractivity (Wildman–Crippen MR) is 209 cm³/mol. The summed E-state index contributed by atoms with van der Waals surface area (Å²) in [6.45, 7) is 5.17. The number of hydrogen-bond donors (Lipinski definition) is 2. The molecule has 2 N–H and O–H groups in total. The number of likely N-dealkylation sites (tertiary alicyclic amines) is 1. The van der Waals surface area contributed by atoms with Gasteiger partial charge < -0.3 is 19.6 Å². The zero-order valence-electron chi connectivity index (χ0n) is 31.5. The van der Waals surface area contributed by atoms with Crippen molar-refractivity contribution < 1.29 is 33.8 Å². The molecule has 3 saturated heterocycles. The Kier molecular flexibility index (Phi) is 8.44. The molecule has 6 aliphatic heterocycles. The number of anilines is 1. The number of aromatic hydroxyl groups is 1. The SMILES string of the molecule is O=C1CCC(N2C(=O)c3cc4c(cc3C2=O)CN(CC(=O)N2CC3(CCN(c5ccc([C@H]6c7ccc(O)cc7OC[C@H]6c6ccccc6)cc5)CC3)C2)C4)C(=O)N1. The maximum absolute atomic E-state index is 13.5. The summed E-state index contributed by atoms with van der Waals surface area (Å²) in [7, 11) is 0. The third-order valence-corrected chi connectivity index (χ3v) is 13.1. The number of hydrogen-bond acceptors (Lipinski definition) is 9. The first-order valence-electron chi connectivity index (χ1n) is 19.9. The zero-order valence-corrected chi connectivity index (χ0v) is 31.5. The third kappa shape index (κ3) is 6.13. The van der Waals surface area contributed by atoms with Crippen molar-refractivity contribution in [3.05, 3.63) is 124 Å². The number of ether oxygens (including phenoxy) is 1. The second-order valence-corrected chi connectivity index (χ2v) is 16.6. The highest BCUT2D eigenvalue weighted by molar-refractivity contribution is 6.23. The highest BCUT2D eigenvalue weighted by Gasteiger charge is 2.48. The Bertz CT molecular complexity index is 2280. The van der Waals surface area contributed by atoms with E-state index in [-0.39, 0.29) is 59.4 Å². The summed E-state index contributed by atoms with van der Waals surface area (Å²) in [6.07, 6.45) is 2.23. The molecule has 4 aromatic carbocycles. The lowest BCUT2D eigenvalue weighted by Gasteiger charge is -2.54. The van der Waals surface area contributed by atoms with E-state index in [0.29, 0.717) is 19.7 Å². The minimum absolute atomic E-state index is 0.0766. The summed E-state index contributed by atoms with van der Waals surface area (Å²) in [6, 6.07) is 27.3. The monoisotopic (exact) mass is 765 g/mol. The van der Waals surface area contributed by atoms with Gasteiger partial charge in [0.25, 0.3) is 11.8 Å². The van der Waals surface area contributed by atoms with Gasteiger partial charge in [-0.25, -0.2) is 0 Å². The molecule has 0 aliphatic carbocycles. The highest BCUT2D eigenvalue weighted by Crippen LogP contribution is 2.48. The van der Waals surface area contributed by atoms with Gasteiger partial charge in [0.1, 0.15) is 17.5 Å². The average Bonchev–Trinajstić information content (AvgIpc) is 3.71. The second kappa shape index (κ2) is 13.6. The standard InChI is InChI=1S/C45H43N5O7/c51-32-10-11-33-38(20-32)57-24-36(27-4-2-1-3-5-27)41(33)28-6-8-31(9-7-28)48-16-14-45(15-17-48)25-49(26-45)40(53)23-47-21-29-18-34-35(19-30(29)22-47)44(56)50(43(34)55)37-12-13-39(52)46-42(37)54/h1-11,18-20,36-37,41,51H,12-17,21-26H2,(H,46,52,54)/t36-,37?,41-/m0/s1. The molecule has 5 amide bonds. The van der Waals surface area contributed by atoms with E-state index in [2.05, 4.69) is 63.6 Å². The molecule has 0 saturated carbocycles. The first-order chi connectivity index (χ1) is 27.6. The smallest absolute Gasteiger partial charge is 0.262 e. The van der Waals surface area contributed by atoms with Gasteiger partial charge in [0, 0.05) is 80.3 Å². The molecule has 12 nitrogen and oxygen atoms in total. The quantitative estimate of drug-likeness (QED) is 0.271. The van der Waals surface area contributed by atoms with Crippen LogP contribution in [0.2, 0.25) is 0 Å². The van der Waals surface area contributed by atoms with E-state index < -0.39 is 29.7 Å². The van der Waals surface area contributed by atoms with Gasteiger partial charge in [0.2, 0.25) is 17.7 Å². The lowest BCUT2D eigenvalue weighted by atomic mass is 9.72. The molecule has 0 bridgehead atoms. The molecule has 6 heterocycles. The largest absolute Gasteiger partial charge is 0.508 e. The molecule has 4 aromatic rings. The molecular weight excluding hydrogens is 723 g/mol. The molecule has 3 fully saturated rings. The molecule has 0 radical (unpaired) electrons. The molecule has 3 atom stereocenters. The van der Waals surface area contributed by atoms with Gasteiger partial charge >= 0.3 is 0 Å². The van der Waals surface area contributed by atoms with E-state index in [9.17, 15) is 29.1 Å². The van der Waals surface area contributed by atoms with Crippen LogP contribution in [0, 0.1) is 5.41 Å². The van der Waals surface area contributed by atoms with E-state index in [1.54, 1.807) is 24.3 Å². The van der Waals surface area contributed by atoms with Crippen molar-refractivity contribution in [1.82, 2.24) is 20.0 Å². The Morgan fingerprint density at radius 1 is 0.825 bits per heavy atom. The van der Waals surface area contributed by atoms with E-state index in [1.165, 1.54) is 16.8 Å². The van der Waals surface area contributed by atoms with Gasteiger partial charge in [-0.3, -0.25) is 39.1 Å². The van der Waals surface area contributed by atoms with Gasteiger partial charge in [-0.1, -0.05) is 48.5 Å². The number of nitrogens with zero attached hydrogens (tertiary/aromatic N) is 4. The third-order valence-electron chi connectivity index (χ3n) is 13.1. The number of phenolic OH excluding ortho intramolecular Hbond substituents is 1. The molecule has 1 unspecified atom stereocenters. The summed E-state index contributed by atoms with van der Waals surface area (Å²) >= 11 is 0. The van der Waals surface area contributed by atoms with Crippen LogP contribution in [0.1, 0.15) is 86.1 Å². The van der Waals surface area contributed by atoms with Crippen molar-refractivity contribution in [2.24, 2.45) is 5.41 Å². The van der Waals surface area contributed by atoms with Gasteiger partial charge in [-0.05, 0) is 71.8 Å². The van der Waals surface area contributed by atoms with Crippen LogP contribution in [0.3, 0.4) is 0 Å². The number of amides is 5.